The lowest BCUT2D eigenvalue weighted by molar-refractivity contribution is -0.148. The molecule has 2 aromatic carbocycles. The van der Waals surface area contributed by atoms with Gasteiger partial charge in [0.2, 0.25) is 0 Å². The van der Waals surface area contributed by atoms with Gasteiger partial charge in [0, 0.05) is 16.8 Å². The number of hydrogen-bond donors (Lipinski definition) is 1. The van der Waals surface area contributed by atoms with Gasteiger partial charge < -0.3 is 10.1 Å². The Kier molecular flexibility index (Phi) is 6.98. The smallest absolute Gasteiger partial charge is 0.331 e. The highest BCUT2D eigenvalue weighted by atomic mass is 35.5. The summed E-state index contributed by atoms with van der Waals surface area (Å²) in [5, 5.41) is 3.24. The monoisotopic (exact) mass is 371 g/mol. The molecule has 0 unspecified atom stereocenters. The van der Waals surface area contributed by atoms with Crippen molar-refractivity contribution in [1.29, 1.82) is 0 Å². The molecule has 1 N–H and O–H groups in total. The molecule has 0 radical (unpaired) electrons. The van der Waals surface area contributed by atoms with Crippen LogP contribution >= 0.6 is 11.6 Å². The van der Waals surface area contributed by atoms with Crippen LogP contribution < -0.4 is 5.32 Å². The number of carbonyl (C=O) groups is 2. The van der Waals surface area contributed by atoms with Crippen molar-refractivity contribution >= 4 is 35.2 Å². The van der Waals surface area contributed by atoms with E-state index in [1.807, 2.05) is 24.3 Å². The van der Waals surface area contributed by atoms with Crippen molar-refractivity contribution in [2.24, 2.45) is 0 Å². The predicted molar refractivity (Wildman–Crippen MR) is 105 cm³/mol. The van der Waals surface area contributed by atoms with Crippen LogP contribution in [0, 0.1) is 0 Å². The zero-order chi connectivity index (χ0) is 19.1. The molecule has 0 heterocycles. The Balaban J connectivity index is 1.87. The Morgan fingerprint density at radius 2 is 1.62 bits per heavy atom. The molecule has 2 aromatic rings. The highest BCUT2D eigenvalue weighted by molar-refractivity contribution is 6.30. The van der Waals surface area contributed by atoms with Crippen molar-refractivity contribution in [2.75, 3.05) is 5.32 Å². The lowest BCUT2D eigenvalue weighted by atomic mass is 10.0. The van der Waals surface area contributed by atoms with Gasteiger partial charge in [-0.3, -0.25) is 4.79 Å². The molecule has 0 aliphatic carbocycles. The normalized spacial score (nSPS) is 12.2. The Labute approximate surface area is 158 Å². The molecule has 4 nitrogen and oxygen atoms in total. The minimum absolute atomic E-state index is 0.407. The lowest BCUT2D eigenvalue weighted by Gasteiger charge is -2.12. The largest absolute Gasteiger partial charge is 0.449 e. The quantitative estimate of drug-likeness (QED) is 0.571. The molecular formula is C21H22ClNO3. The van der Waals surface area contributed by atoms with E-state index in [-0.39, 0.29) is 0 Å². The van der Waals surface area contributed by atoms with Gasteiger partial charge in [0.1, 0.15) is 0 Å². The predicted octanol–water partition coefficient (Wildman–Crippen LogP) is 5.05. The fourth-order valence-corrected chi connectivity index (χ4v) is 2.33. The van der Waals surface area contributed by atoms with Crippen molar-refractivity contribution in [3.63, 3.8) is 0 Å². The first-order valence-electron chi connectivity index (χ1n) is 8.40. The number of amides is 1. The third-order valence-electron chi connectivity index (χ3n) is 3.79. The molecule has 0 bridgehead atoms. The first-order chi connectivity index (χ1) is 12.3. The van der Waals surface area contributed by atoms with Crippen LogP contribution in [0.3, 0.4) is 0 Å². The van der Waals surface area contributed by atoms with E-state index in [1.54, 1.807) is 30.3 Å². The maximum atomic E-state index is 12.1. The zero-order valence-electron chi connectivity index (χ0n) is 15.0. The molecule has 0 aliphatic heterocycles. The molecule has 26 heavy (non-hydrogen) atoms. The van der Waals surface area contributed by atoms with E-state index in [4.69, 9.17) is 16.3 Å². The average molecular weight is 372 g/mol. The van der Waals surface area contributed by atoms with Gasteiger partial charge in [-0.1, -0.05) is 49.7 Å². The van der Waals surface area contributed by atoms with Crippen LogP contribution in [0.15, 0.2) is 54.6 Å². The maximum Gasteiger partial charge on any atom is 0.331 e. The molecule has 5 heteroatoms. The summed E-state index contributed by atoms with van der Waals surface area (Å²) in [5.41, 5.74) is 2.71. The highest BCUT2D eigenvalue weighted by Gasteiger charge is 2.16. The first kappa shape index (κ1) is 19.7. The summed E-state index contributed by atoms with van der Waals surface area (Å²) in [6.07, 6.45) is 2.07. The topological polar surface area (TPSA) is 55.4 Å². The Hall–Kier alpha value is -2.59. The second-order valence-corrected chi connectivity index (χ2v) is 6.67. The van der Waals surface area contributed by atoms with E-state index in [0.717, 1.165) is 5.56 Å². The molecule has 0 fully saturated rings. The van der Waals surface area contributed by atoms with Crippen LogP contribution in [0.5, 0.6) is 0 Å². The highest BCUT2D eigenvalue weighted by Crippen LogP contribution is 2.16. The van der Waals surface area contributed by atoms with Gasteiger partial charge in [0.25, 0.3) is 5.91 Å². The molecule has 0 saturated carbocycles. The van der Waals surface area contributed by atoms with Crippen LogP contribution in [-0.2, 0) is 14.3 Å². The third kappa shape index (κ3) is 6.05. The fraction of sp³-hybridized carbons (Fsp3) is 0.238. The van der Waals surface area contributed by atoms with E-state index in [1.165, 1.54) is 18.6 Å². The van der Waals surface area contributed by atoms with Crippen molar-refractivity contribution in [2.45, 2.75) is 32.8 Å². The van der Waals surface area contributed by atoms with Gasteiger partial charge >= 0.3 is 5.97 Å². The van der Waals surface area contributed by atoms with Crippen LogP contribution in [0.1, 0.15) is 37.8 Å². The number of hydrogen-bond acceptors (Lipinski definition) is 3. The Morgan fingerprint density at radius 1 is 1.00 bits per heavy atom. The maximum absolute atomic E-state index is 12.1. The van der Waals surface area contributed by atoms with Crippen molar-refractivity contribution in [1.82, 2.24) is 0 Å². The molecule has 1 amide bonds. The first-order valence-corrected chi connectivity index (χ1v) is 8.78. The molecule has 0 spiro atoms. The fourth-order valence-electron chi connectivity index (χ4n) is 2.20. The third-order valence-corrected chi connectivity index (χ3v) is 4.04. The standard InChI is InChI=1S/C21H22ClNO3/c1-14(2)17-7-4-16(5-8-17)6-13-20(24)26-15(3)21(25)23-19-11-9-18(22)10-12-19/h4-15H,1-3H3,(H,23,25)/b13-6+/t15-/m1/s1. The van der Waals surface area contributed by atoms with Crippen LogP contribution in [0.4, 0.5) is 5.69 Å². The molecule has 1 atom stereocenters. The number of nitrogens with one attached hydrogen (secondary N) is 1. The van der Waals surface area contributed by atoms with Gasteiger partial charge in [0.05, 0.1) is 0 Å². The van der Waals surface area contributed by atoms with E-state index in [0.29, 0.717) is 16.6 Å². The Morgan fingerprint density at radius 3 is 2.19 bits per heavy atom. The number of benzene rings is 2. The van der Waals surface area contributed by atoms with E-state index < -0.39 is 18.0 Å². The second kappa shape index (κ2) is 9.20. The van der Waals surface area contributed by atoms with Gasteiger partial charge in [0.15, 0.2) is 6.10 Å². The summed E-state index contributed by atoms with van der Waals surface area (Å²) in [6.45, 7) is 5.77. The van der Waals surface area contributed by atoms with Crippen molar-refractivity contribution < 1.29 is 14.3 Å². The number of anilines is 1. The number of halogens is 1. The summed E-state index contributed by atoms with van der Waals surface area (Å²) in [7, 11) is 0. The van der Waals surface area contributed by atoms with Gasteiger partial charge in [-0.2, -0.15) is 0 Å². The van der Waals surface area contributed by atoms with Crippen LogP contribution in [0.2, 0.25) is 5.02 Å². The zero-order valence-corrected chi connectivity index (χ0v) is 15.8. The van der Waals surface area contributed by atoms with E-state index >= 15 is 0 Å². The van der Waals surface area contributed by atoms with Crippen molar-refractivity contribution in [3.05, 3.63) is 70.8 Å². The number of carbonyl (C=O) groups excluding carboxylic acids is 2. The van der Waals surface area contributed by atoms with E-state index in [2.05, 4.69) is 19.2 Å². The molecule has 0 aliphatic rings. The minimum Gasteiger partial charge on any atom is -0.449 e. The molecule has 0 saturated heterocycles. The molecule has 136 valence electrons. The average Bonchev–Trinajstić information content (AvgIpc) is 2.62. The van der Waals surface area contributed by atoms with Gasteiger partial charge in [-0.25, -0.2) is 4.79 Å². The SMILES string of the molecule is CC(C)c1ccc(/C=C/C(=O)O[C@H](C)C(=O)Nc2ccc(Cl)cc2)cc1. The second-order valence-electron chi connectivity index (χ2n) is 6.23. The number of rotatable bonds is 6. The summed E-state index contributed by atoms with van der Waals surface area (Å²) >= 11 is 5.80. The summed E-state index contributed by atoms with van der Waals surface area (Å²) in [5.74, 6) is -0.523. The summed E-state index contributed by atoms with van der Waals surface area (Å²) in [6, 6.07) is 14.6. The minimum atomic E-state index is -0.911. The van der Waals surface area contributed by atoms with Crippen LogP contribution in [-0.4, -0.2) is 18.0 Å². The Bertz CT molecular complexity index is 780. The number of esters is 1. The lowest BCUT2D eigenvalue weighted by Crippen LogP contribution is -2.29. The molecule has 2 rings (SSSR count). The molecule has 0 aromatic heterocycles. The van der Waals surface area contributed by atoms with Crippen molar-refractivity contribution in [3.8, 4) is 0 Å². The van der Waals surface area contributed by atoms with Gasteiger partial charge in [-0.15, -0.1) is 0 Å². The van der Waals surface area contributed by atoms with Crippen LogP contribution in [0.25, 0.3) is 6.08 Å². The van der Waals surface area contributed by atoms with E-state index in [9.17, 15) is 9.59 Å². The molecular weight excluding hydrogens is 350 g/mol. The summed E-state index contributed by atoms with van der Waals surface area (Å²) < 4.78 is 5.13. The van der Waals surface area contributed by atoms with Gasteiger partial charge in [-0.05, 0) is 54.3 Å². The number of ether oxygens (including phenoxy) is 1. The summed E-state index contributed by atoms with van der Waals surface area (Å²) in [4.78, 5) is 24.0.